The molecule has 0 saturated carbocycles. The van der Waals surface area contributed by atoms with Crippen molar-refractivity contribution in [3.8, 4) is 0 Å². The Hall–Kier alpha value is -3.15. The van der Waals surface area contributed by atoms with Crippen molar-refractivity contribution in [3.63, 3.8) is 0 Å². The fourth-order valence-electron chi connectivity index (χ4n) is 4.94. The van der Waals surface area contributed by atoms with Crippen molar-refractivity contribution in [1.82, 2.24) is 31.2 Å². The van der Waals surface area contributed by atoms with Gasteiger partial charge in [0, 0.05) is 25.5 Å². The summed E-state index contributed by atoms with van der Waals surface area (Å²) in [5, 5.41) is 7.26. The summed E-state index contributed by atoms with van der Waals surface area (Å²) in [6.07, 6.45) is 6.10. The summed E-state index contributed by atoms with van der Waals surface area (Å²) in [6.45, 7) is 2.70. The number of hydrazine groups is 2. The number of ether oxygens (including phenoxy) is 1. The third-order valence-electron chi connectivity index (χ3n) is 6.76. The van der Waals surface area contributed by atoms with E-state index in [2.05, 4.69) is 21.5 Å². The van der Waals surface area contributed by atoms with Crippen molar-refractivity contribution >= 4 is 29.2 Å². The Kier molecular flexibility index (Phi) is 5.94. The normalized spacial score (nSPS) is 22.6. The molecule has 1 aromatic rings. The van der Waals surface area contributed by atoms with Crippen molar-refractivity contribution in [2.24, 2.45) is 0 Å². The summed E-state index contributed by atoms with van der Waals surface area (Å²) in [5.41, 5.74) is 7.60. The van der Waals surface area contributed by atoms with Crippen LogP contribution < -0.4 is 21.5 Å². The Balaban J connectivity index is 1.38. The number of hydrogen-bond donors (Lipinski definition) is 4. The Bertz CT molecular complexity index is 1210. The topological polar surface area (TPSA) is 117 Å². The van der Waals surface area contributed by atoms with Gasteiger partial charge in [-0.25, -0.2) is 4.39 Å². The second-order valence-electron chi connectivity index (χ2n) is 9.15. The molecule has 0 aromatic carbocycles. The molecule has 1 fully saturated rings. The van der Waals surface area contributed by atoms with E-state index in [-0.39, 0.29) is 30.2 Å². The van der Waals surface area contributed by atoms with Gasteiger partial charge < -0.3 is 30.8 Å². The summed E-state index contributed by atoms with van der Waals surface area (Å²) < 4.78 is 20.7. The molecule has 1 atom stereocenters. The number of rotatable bonds is 6. The maximum atomic E-state index is 13.5. The van der Waals surface area contributed by atoms with Crippen LogP contribution in [0.3, 0.4) is 0 Å². The number of fused-ring (bicyclic) bond motifs is 1. The van der Waals surface area contributed by atoms with Crippen LogP contribution in [0.2, 0.25) is 0 Å². The molecule has 10 nitrogen and oxygen atoms in total. The summed E-state index contributed by atoms with van der Waals surface area (Å²) >= 11 is 5.87. The van der Waals surface area contributed by atoms with Crippen molar-refractivity contribution in [3.05, 3.63) is 57.4 Å². The first-order valence-corrected chi connectivity index (χ1v) is 11.8. The lowest BCUT2D eigenvalue weighted by atomic mass is 9.92. The maximum Gasteiger partial charge on any atom is 0.293 e. The van der Waals surface area contributed by atoms with Crippen LogP contribution in [-0.4, -0.2) is 59.1 Å². The monoisotopic (exact) mass is 504 g/mol. The standard InChI is InChI=1S/C23H26ClFN6O4/c1-12-18(20(32)22(34)28-23(10-35-11-23)17-9-26-30(2)29-17)16-4-3-7-31(16)19(12)21(33)27-13-5-6-15(25)14(24)8-13/h6,8-9,13,26,29H,3-5,7,10-11H2,1-2H3,(H,27,33)(H,28,34). The van der Waals surface area contributed by atoms with Gasteiger partial charge in [0.15, 0.2) is 0 Å². The number of amides is 2. The van der Waals surface area contributed by atoms with Gasteiger partial charge in [-0.3, -0.25) is 14.4 Å². The molecule has 1 unspecified atom stereocenters. The summed E-state index contributed by atoms with van der Waals surface area (Å²) in [5.74, 6) is -2.37. The number of halogens is 2. The van der Waals surface area contributed by atoms with E-state index in [4.69, 9.17) is 16.3 Å². The van der Waals surface area contributed by atoms with Crippen molar-refractivity contribution in [1.29, 1.82) is 0 Å². The molecule has 0 spiro atoms. The highest BCUT2D eigenvalue weighted by Gasteiger charge is 2.47. The zero-order valence-electron chi connectivity index (χ0n) is 19.3. The number of carbonyl (C=O) groups is 3. The molecule has 4 aliphatic rings. The van der Waals surface area contributed by atoms with Crippen LogP contribution in [0, 0.1) is 6.92 Å². The molecular formula is C23H26ClFN6O4. The average molecular weight is 505 g/mol. The molecule has 1 aliphatic carbocycles. The lowest BCUT2D eigenvalue weighted by molar-refractivity contribution is -0.126. The van der Waals surface area contributed by atoms with E-state index in [0.717, 1.165) is 6.42 Å². The molecular weight excluding hydrogens is 479 g/mol. The van der Waals surface area contributed by atoms with Crippen LogP contribution in [0.5, 0.6) is 0 Å². The Morgan fingerprint density at radius 1 is 1.31 bits per heavy atom. The van der Waals surface area contributed by atoms with Crippen LogP contribution in [-0.2, 0) is 22.5 Å². The largest absolute Gasteiger partial charge is 0.376 e. The van der Waals surface area contributed by atoms with Gasteiger partial charge in [0.05, 0.1) is 35.5 Å². The van der Waals surface area contributed by atoms with E-state index in [1.807, 2.05) is 0 Å². The third kappa shape index (κ3) is 4.03. The van der Waals surface area contributed by atoms with Gasteiger partial charge >= 0.3 is 0 Å². The SMILES string of the molecule is Cc1c(C(=O)C(=O)NC2(C3=CNN(C)N3)COC2)c2n(c1C(=O)NC1C=C(Cl)C(F)=CC1)CCC2. The number of carbonyl (C=O) groups excluding carboxylic acids is 3. The predicted octanol–water partition coefficient (Wildman–Crippen LogP) is 1.08. The first-order valence-electron chi connectivity index (χ1n) is 11.4. The van der Waals surface area contributed by atoms with Gasteiger partial charge in [0.2, 0.25) is 0 Å². The van der Waals surface area contributed by atoms with Crippen LogP contribution >= 0.6 is 11.6 Å². The van der Waals surface area contributed by atoms with E-state index < -0.39 is 35.0 Å². The molecule has 0 bridgehead atoms. The van der Waals surface area contributed by atoms with Gasteiger partial charge in [0.1, 0.15) is 17.1 Å². The first kappa shape index (κ1) is 23.6. The van der Waals surface area contributed by atoms with Gasteiger partial charge in [-0.05, 0) is 43.9 Å². The van der Waals surface area contributed by atoms with E-state index >= 15 is 0 Å². The number of hydrogen-bond acceptors (Lipinski definition) is 7. The fourth-order valence-corrected chi connectivity index (χ4v) is 5.17. The van der Waals surface area contributed by atoms with Gasteiger partial charge in [-0.15, -0.1) is 5.12 Å². The summed E-state index contributed by atoms with van der Waals surface area (Å²) in [4.78, 5) is 39.7. The minimum atomic E-state index is -0.836. The molecule has 1 saturated heterocycles. The molecule has 5 rings (SSSR count). The zero-order valence-corrected chi connectivity index (χ0v) is 20.1. The predicted molar refractivity (Wildman–Crippen MR) is 125 cm³/mol. The molecule has 3 aliphatic heterocycles. The average Bonchev–Trinajstić information content (AvgIpc) is 3.48. The van der Waals surface area contributed by atoms with E-state index in [0.29, 0.717) is 35.6 Å². The lowest BCUT2D eigenvalue weighted by Gasteiger charge is -2.42. The quantitative estimate of drug-likeness (QED) is 0.338. The lowest BCUT2D eigenvalue weighted by Crippen LogP contribution is -2.66. The molecule has 4 N–H and O–H groups in total. The number of aromatic nitrogens is 1. The first-order chi connectivity index (χ1) is 16.7. The van der Waals surface area contributed by atoms with Crippen molar-refractivity contribution < 1.29 is 23.5 Å². The van der Waals surface area contributed by atoms with Gasteiger partial charge in [-0.1, -0.05) is 11.6 Å². The maximum absolute atomic E-state index is 13.5. The molecule has 35 heavy (non-hydrogen) atoms. The molecule has 12 heteroatoms. The van der Waals surface area contributed by atoms with Crippen molar-refractivity contribution in [2.45, 2.75) is 44.3 Å². The number of nitrogens with zero attached hydrogens (tertiary/aromatic N) is 2. The van der Waals surface area contributed by atoms with Gasteiger partial charge in [0.25, 0.3) is 17.6 Å². The van der Waals surface area contributed by atoms with Crippen LogP contribution in [0.1, 0.15) is 44.9 Å². The molecule has 0 radical (unpaired) electrons. The van der Waals surface area contributed by atoms with Crippen LogP contribution in [0.15, 0.2) is 34.9 Å². The highest BCUT2D eigenvalue weighted by molar-refractivity contribution is 6.44. The number of nitrogens with one attached hydrogen (secondary N) is 4. The van der Waals surface area contributed by atoms with Crippen molar-refractivity contribution in [2.75, 3.05) is 20.3 Å². The second kappa shape index (κ2) is 8.81. The summed E-state index contributed by atoms with van der Waals surface area (Å²) in [7, 11) is 1.77. The van der Waals surface area contributed by atoms with Gasteiger partial charge in [-0.2, -0.15) is 0 Å². The molecule has 4 heterocycles. The second-order valence-corrected chi connectivity index (χ2v) is 9.56. The molecule has 2 amide bonds. The summed E-state index contributed by atoms with van der Waals surface area (Å²) in [6, 6.07) is -0.471. The van der Waals surface area contributed by atoms with Crippen LogP contribution in [0.25, 0.3) is 0 Å². The Labute approximate surface area is 206 Å². The number of allylic oxidation sites excluding steroid dienone is 2. The van der Waals surface area contributed by atoms with E-state index in [1.165, 1.54) is 12.2 Å². The Morgan fingerprint density at radius 3 is 2.71 bits per heavy atom. The minimum Gasteiger partial charge on any atom is -0.376 e. The smallest absolute Gasteiger partial charge is 0.293 e. The number of Topliss-reactive ketones (excluding diaryl/α,β-unsaturated/α-hetero) is 1. The third-order valence-corrected chi connectivity index (χ3v) is 7.06. The fraction of sp³-hybridized carbons (Fsp3) is 0.435. The van der Waals surface area contributed by atoms with E-state index in [1.54, 1.807) is 29.9 Å². The Morgan fingerprint density at radius 2 is 2.09 bits per heavy atom. The molecule has 1 aromatic heterocycles. The van der Waals surface area contributed by atoms with E-state index in [9.17, 15) is 18.8 Å². The highest BCUT2D eigenvalue weighted by Crippen LogP contribution is 2.31. The zero-order chi connectivity index (χ0) is 24.9. The molecule has 186 valence electrons. The minimum absolute atomic E-state index is 0.0478. The van der Waals surface area contributed by atoms with Crippen LogP contribution in [0.4, 0.5) is 4.39 Å². The number of ketones is 1. The highest BCUT2D eigenvalue weighted by atomic mass is 35.5.